The molecule has 0 radical (unpaired) electrons. The van der Waals surface area contributed by atoms with Crippen molar-refractivity contribution in [3.8, 4) is 0 Å². The van der Waals surface area contributed by atoms with E-state index in [-0.39, 0.29) is 43.5 Å². The van der Waals surface area contributed by atoms with E-state index < -0.39 is 35.1 Å². The lowest BCUT2D eigenvalue weighted by Gasteiger charge is -2.41. The Balaban J connectivity index is 1.31. The molecule has 1 aromatic heterocycles. The number of carbonyl (C=O) groups excluding carboxylic acids is 3. The number of hydrogen-bond donors (Lipinski definition) is 1. The third-order valence-corrected chi connectivity index (χ3v) is 10.4. The molecule has 2 saturated heterocycles. The molecule has 3 aromatic rings. The van der Waals surface area contributed by atoms with Crippen molar-refractivity contribution in [1.82, 2.24) is 29.7 Å². The number of benzene rings is 2. The predicted molar refractivity (Wildman–Crippen MR) is 170 cm³/mol. The molecule has 4 aliphatic rings. The second-order valence-electron chi connectivity index (χ2n) is 13.2. The summed E-state index contributed by atoms with van der Waals surface area (Å²) in [6.45, 7) is 6.62. The number of hydrogen-bond acceptors (Lipinski definition) is 7. The van der Waals surface area contributed by atoms with Gasteiger partial charge in [-0.1, -0.05) is 92.3 Å². The Kier molecular flexibility index (Phi) is 7.56. The highest BCUT2D eigenvalue weighted by Gasteiger charge is 2.75. The van der Waals surface area contributed by atoms with E-state index in [2.05, 4.69) is 10.3 Å². The van der Waals surface area contributed by atoms with Gasteiger partial charge in [-0.2, -0.15) is 0 Å². The average molecular weight is 625 g/mol. The Morgan fingerprint density at radius 1 is 0.935 bits per heavy atom. The molecule has 11 heteroatoms. The number of aliphatic hydroxyl groups is 1. The maximum Gasteiger partial charge on any atom is 0.250 e. The molecule has 3 amide bonds. The molecule has 0 bridgehead atoms. The Morgan fingerprint density at radius 3 is 2.41 bits per heavy atom. The largest absolute Gasteiger partial charge is 0.394 e. The zero-order valence-corrected chi connectivity index (χ0v) is 26.4. The summed E-state index contributed by atoms with van der Waals surface area (Å²) >= 11 is 0. The molecular formula is C35H40N6O5. The van der Waals surface area contributed by atoms with Crippen LogP contribution in [-0.2, 0) is 32.3 Å². The molecule has 0 aliphatic carbocycles. The second kappa shape index (κ2) is 11.5. The van der Waals surface area contributed by atoms with E-state index in [1.807, 2.05) is 99.7 Å². The van der Waals surface area contributed by atoms with E-state index in [9.17, 15) is 19.5 Å². The Hall–Kier alpha value is -4.35. The zero-order valence-electron chi connectivity index (χ0n) is 26.4. The summed E-state index contributed by atoms with van der Waals surface area (Å²) in [5.41, 5.74) is -0.0610. The minimum absolute atomic E-state index is 0.108. The number of likely N-dealkylation sites (tertiary alicyclic amines) is 1. The van der Waals surface area contributed by atoms with Crippen molar-refractivity contribution in [2.45, 2.75) is 63.7 Å². The van der Waals surface area contributed by atoms with Crippen molar-refractivity contribution in [2.75, 3.05) is 19.7 Å². The summed E-state index contributed by atoms with van der Waals surface area (Å²) in [5, 5.41) is 19.3. The van der Waals surface area contributed by atoms with Gasteiger partial charge >= 0.3 is 0 Å². The van der Waals surface area contributed by atoms with Crippen LogP contribution in [0.15, 0.2) is 78.9 Å². The lowest BCUT2D eigenvalue weighted by molar-refractivity contribution is -0.158. The topological polar surface area (TPSA) is 121 Å². The normalized spacial score (nSPS) is 30.3. The Labute approximate surface area is 268 Å². The van der Waals surface area contributed by atoms with Gasteiger partial charge < -0.3 is 24.5 Å². The number of amides is 3. The van der Waals surface area contributed by atoms with Crippen molar-refractivity contribution >= 4 is 28.8 Å². The van der Waals surface area contributed by atoms with Gasteiger partial charge in [0.1, 0.15) is 23.8 Å². The van der Waals surface area contributed by atoms with Gasteiger partial charge in [0, 0.05) is 19.6 Å². The average Bonchev–Trinajstić information content (AvgIpc) is 3.59. The molecule has 1 N–H and O–H groups in total. The van der Waals surface area contributed by atoms with Crippen LogP contribution in [0.25, 0.3) is 11.0 Å². The van der Waals surface area contributed by atoms with Crippen molar-refractivity contribution in [3.05, 3.63) is 84.5 Å². The van der Waals surface area contributed by atoms with E-state index in [0.717, 1.165) is 11.1 Å². The van der Waals surface area contributed by atoms with Crippen molar-refractivity contribution in [3.63, 3.8) is 0 Å². The third-order valence-electron chi connectivity index (χ3n) is 10.4. The van der Waals surface area contributed by atoms with Crippen LogP contribution < -0.4 is 0 Å². The molecule has 4 aliphatic heterocycles. The molecule has 2 fully saturated rings. The van der Waals surface area contributed by atoms with Crippen LogP contribution in [-0.4, -0.2) is 95.5 Å². The summed E-state index contributed by atoms with van der Waals surface area (Å²) in [4.78, 5) is 49.2. The van der Waals surface area contributed by atoms with E-state index in [4.69, 9.17) is 4.74 Å². The lowest BCUT2D eigenvalue weighted by atomic mass is 9.74. The second-order valence-corrected chi connectivity index (χ2v) is 13.2. The fourth-order valence-electron chi connectivity index (χ4n) is 7.99. The van der Waals surface area contributed by atoms with Gasteiger partial charge in [0.2, 0.25) is 11.8 Å². The smallest absolute Gasteiger partial charge is 0.250 e. The first kappa shape index (κ1) is 30.3. The first-order chi connectivity index (χ1) is 22.2. The van der Waals surface area contributed by atoms with Gasteiger partial charge in [-0.25, -0.2) is 4.68 Å². The maximum atomic E-state index is 14.9. The molecule has 0 saturated carbocycles. The molecular weight excluding hydrogens is 584 g/mol. The van der Waals surface area contributed by atoms with Gasteiger partial charge in [-0.05, 0) is 30.5 Å². The highest BCUT2D eigenvalue weighted by molar-refractivity contribution is 6.00. The van der Waals surface area contributed by atoms with Crippen molar-refractivity contribution < 1.29 is 24.2 Å². The molecule has 7 rings (SSSR count). The predicted octanol–water partition coefficient (Wildman–Crippen LogP) is 2.76. The monoisotopic (exact) mass is 624 g/mol. The molecule has 11 nitrogen and oxygen atoms in total. The standard InChI is InChI=1S/C35H40N6O5/c1-4-23(2)27(21-42)41-30-33(45)39(22-40-26-15-9-8-14-25(26)36-37-40)19-11-17-35(30)29(32(41)44)28-31(43)38(18-10-16-34(28,3)46-35)20-24-12-6-5-7-13-24/h5-17,23,27-30,42H,4,18-22H2,1-3H3/t23-,27-,28-,29-,30?,34+,35-/m0/s1. The maximum absolute atomic E-state index is 14.9. The number of fused-ring (bicyclic) bond motifs is 3. The van der Waals surface area contributed by atoms with Crippen LogP contribution in [0.2, 0.25) is 0 Å². The molecule has 1 unspecified atom stereocenters. The van der Waals surface area contributed by atoms with Crippen molar-refractivity contribution in [1.29, 1.82) is 0 Å². The van der Waals surface area contributed by atoms with Gasteiger partial charge in [-0.15, -0.1) is 5.10 Å². The Bertz CT molecular complexity index is 1720. The number of nitrogens with zero attached hydrogens (tertiary/aromatic N) is 6. The van der Waals surface area contributed by atoms with Crippen LogP contribution >= 0.6 is 0 Å². The quantitative estimate of drug-likeness (QED) is 0.383. The molecule has 1 spiro atoms. The van der Waals surface area contributed by atoms with Crippen LogP contribution in [0.5, 0.6) is 0 Å². The van der Waals surface area contributed by atoms with E-state index in [0.29, 0.717) is 25.0 Å². The van der Waals surface area contributed by atoms with Gasteiger partial charge in [0.05, 0.1) is 35.6 Å². The van der Waals surface area contributed by atoms with Gasteiger partial charge in [-0.3, -0.25) is 14.4 Å². The van der Waals surface area contributed by atoms with Crippen molar-refractivity contribution in [2.24, 2.45) is 17.8 Å². The summed E-state index contributed by atoms with van der Waals surface area (Å²) in [6, 6.07) is 15.6. The van der Waals surface area contributed by atoms with Gasteiger partial charge in [0.25, 0.3) is 5.91 Å². The fourth-order valence-corrected chi connectivity index (χ4v) is 7.99. The summed E-state index contributed by atoms with van der Waals surface area (Å²) in [7, 11) is 0. The highest BCUT2D eigenvalue weighted by Crippen LogP contribution is 2.58. The highest BCUT2D eigenvalue weighted by atomic mass is 16.5. The zero-order chi connectivity index (χ0) is 32.2. The number of para-hydroxylation sites is 1. The van der Waals surface area contributed by atoms with Crippen LogP contribution in [0.4, 0.5) is 0 Å². The van der Waals surface area contributed by atoms with E-state index in [1.54, 1.807) is 19.4 Å². The lowest BCUT2D eigenvalue weighted by Crippen LogP contribution is -2.60. The van der Waals surface area contributed by atoms with E-state index >= 15 is 0 Å². The molecule has 5 heterocycles. The van der Waals surface area contributed by atoms with Crippen LogP contribution in [0.1, 0.15) is 32.8 Å². The molecule has 2 aromatic carbocycles. The molecule has 46 heavy (non-hydrogen) atoms. The first-order valence-corrected chi connectivity index (χ1v) is 16.1. The number of aromatic nitrogens is 3. The number of ether oxygens (including phenoxy) is 1. The number of carbonyl (C=O) groups is 3. The first-order valence-electron chi connectivity index (χ1n) is 16.1. The SMILES string of the molecule is CC[C@H](C)[C@H](CO)N1C(=O)[C@@H]2[C@H]3C(=O)N(Cc4ccccc4)CC=C[C@@]3(C)O[C@@]23C=CCN(Cn2nnc4ccccc42)C(=O)C13. The summed E-state index contributed by atoms with van der Waals surface area (Å²) in [5.74, 6) is -2.78. The Morgan fingerprint density at radius 2 is 1.65 bits per heavy atom. The number of aliphatic hydroxyl groups excluding tert-OH is 1. The fraction of sp³-hybridized carbons (Fsp3) is 0.457. The van der Waals surface area contributed by atoms with Crippen LogP contribution in [0, 0.1) is 17.8 Å². The molecule has 7 atom stereocenters. The van der Waals surface area contributed by atoms with E-state index in [1.165, 1.54) is 0 Å². The summed E-state index contributed by atoms with van der Waals surface area (Å²) in [6.07, 6.45) is 8.21. The minimum atomic E-state index is -1.41. The third kappa shape index (κ3) is 4.59. The van der Waals surface area contributed by atoms with Gasteiger partial charge in [0.15, 0.2) is 0 Å². The minimum Gasteiger partial charge on any atom is -0.394 e. The number of rotatable bonds is 8. The molecule has 240 valence electrons. The van der Waals surface area contributed by atoms with Crippen LogP contribution in [0.3, 0.4) is 0 Å². The summed E-state index contributed by atoms with van der Waals surface area (Å²) < 4.78 is 8.65.